The Balaban J connectivity index is 1.83. The van der Waals surface area contributed by atoms with Gasteiger partial charge in [-0.2, -0.15) is 0 Å². The molecule has 7 heteroatoms. The molecule has 3 amide bonds. The minimum atomic E-state index is -0.791. The van der Waals surface area contributed by atoms with Crippen LogP contribution in [0.15, 0.2) is 48.5 Å². The zero-order valence-electron chi connectivity index (χ0n) is 18.1. The molecule has 2 aromatic carbocycles. The third-order valence-electron chi connectivity index (χ3n) is 6.16. The molecule has 160 valence electrons. The highest BCUT2D eigenvalue weighted by molar-refractivity contribution is 6.03. The minimum Gasteiger partial charge on any atom is -0.348 e. The summed E-state index contributed by atoms with van der Waals surface area (Å²) in [5.74, 6) is -0.929. The van der Waals surface area contributed by atoms with Gasteiger partial charge in [0, 0.05) is 41.2 Å². The maximum atomic E-state index is 13.4. The Morgan fingerprint density at radius 1 is 1.06 bits per heavy atom. The number of hydrogen-bond acceptors (Lipinski definition) is 3. The molecule has 4 rings (SSSR count). The second kappa shape index (κ2) is 7.91. The number of aryl methyl sites for hydroxylation is 1. The lowest BCUT2D eigenvalue weighted by atomic mass is 9.95. The number of hydrogen-bond donors (Lipinski definition) is 2. The number of nitrogens with zero attached hydrogens (tertiary/aromatic N) is 2. The van der Waals surface area contributed by atoms with Gasteiger partial charge >= 0.3 is 0 Å². The number of nitrogens with one attached hydrogen (secondary N) is 2. The SMILES string of the molecule is CCC(=O)NNC(=O)C(C)N1C(=O)c2ccccc2C1c1c(C)n(C)c2ccccc12. The summed E-state index contributed by atoms with van der Waals surface area (Å²) in [6.07, 6.45) is 0.251. The first-order chi connectivity index (χ1) is 14.9. The monoisotopic (exact) mass is 418 g/mol. The van der Waals surface area contributed by atoms with Crippen molar-refractivity contribution in [3.63, 3.8) is 0 Å². The van der Waals surface area contributed by atoms with Crippen molar-refractivity contribution in [3.05, 3.63) is 70.9 Å². The molecule has 0 radical (unpaired) electrons. The molecule has 0 saturated heterocycles. The number of carbonyl (C=O) groups is 3. The highest BCUT2D eigenvalue weighted by Gasteiger charge is 2.44. The summed E-state index contributed by atoms with van der Waals surface area (Å²) < 4.78 is 2.11. The van der Waals surface area contributed by atoms with E-state index in [1.54, 1.807) is 24.8 Å². The van der Waals surface area contributed by atoms with Gasteiger partial charge < -0.3 is 9.47 Å². The lowest BCUT2D eigenvalue weighted by molar-refractivity contribution is -0.131. The van der Waals surface area contributed by atoms with Gasteiger partial charge in [0.05, 0.1) is 6.04 Å². The van der Waals surface area contributed by atoms with Crippen molar-refractivity contribution in [2.75, 3.05) is 0 Å². The quantitative estimate of drug-likeness (QED) is 0.639. The second-order valence-corrected chi connectivity index (χ2v) is 7.84. The average Bonchev–Trinajstić information content (AvgIpc) is 3.22. The summed E-state index contributed by atoms with van der Waals surface area (Å²) in [6, 6.07) is 14.4. The molecule has 31 heavy (non-hydrogen) atoms. The van der Waals surface area contributed by atoms with Crippen LogP contribution in [-0.2, 0) is 16.6 Å². The summed E-state index contributed by atoms with van der Waals surface area (Å²) in [5, 5.41) is 1.05. The van der Waals surface area contributed by atoms with Gasteiger partial charge in [0.15, 0.2) is 0 Å². The summed E-state index contributed by atoms with van der Waals surface area (Å²) >= 11 is 0. The van der Waals surface area contributed by atoms with E-state index in [1.165, 1.54) is 0 Å². The molecule has 2 N–H and O–H groups in total. The van der Waals surface area contributed by atoms with E-state index in [9.17, 15) is 14.4 Å². The fourth-order valence-corrected chi connectivity index (χ4v) is 4.38. The van der Waals surface area contributed by atoms with Crippen molar-refractivity contribution in [1.82, 2.24) is 20.3 Å². The highest BCUT2D eigenvalue weighted by atomic mass is 16.2. The van der Waals surface area contributed by atoms with Crippen LogP contribution in [0.1, 0.15) is 53.5 Å². The van der Waals surface area contributed by atoms with Crippen LogP contribution in [0.5, 0.6) is 0 Å². The molecular weight excluding hydrogens is 392 g/mol. The Morgan fingerprint density at radius 3 is 2.48 bits per heavy atom. The summed E-state index contributed by atoms with van der Waals surface area (Å²) in [4.78, 5) is 39.5. The van der Waals surface area contributed by atoms with Crippen molar-refractivity contribution in [3.8, 4) is 0 Å². The predicted octanol–water partition coefficient (Wildman–Crippen LogP) is 2.98. The van der Waals surface area contributed by atoms with Crippen LogP contribution < -0.4 is 10.9 Å². The number of benzene rings is 2. The Hall–Kier alpha value is -3.61. The van der Waals surface area contributed by atoms with Gasteiger partial charge in [-0.15, -0.1) is 0 Å². The summed E-state index contributed by atoms with van der Waals surface area (Å²) in [5.41, 5.74) is 9.43. The standard InChI is InChI=1S/C24H26N4O3/c1-5-20(29)25-26-23(30)15(3)28-22(16-10-6-7-11-17(16)24(28)31)21-14(2)27(4)19-13-9-8-12-18(19)21/h6-13,15,22H,5H2,1-4H3,(H,25,29)(H,26,30). The number of hydrazine groups is 1. The maximum absolute atomic E-state index is 13.4. The first-order valence-electron chi connectivity index (χ1n) is 10.4. The lowest BCUT2D eigenvalue weighted by Gasteiger charge is -2.31. The zero-order valence-corrected chi connectivity index (χ0v) is 18.1. The van der Waals surface area contributed by atoms with Crippen LogP contribution in [0.2, 0.25) is 0 Å². The molecule has 2 heterocycles. The van der Waals surface area contributed by atoms with E-state index in [2.05, 4.69) is 21.5 Å². The van der Waals surface area contributed by atoms with E-state index in [0.29, 0.717) is 5.56 Å². The van der Waals surface area contributed by atoms with Crippen LogP contribution in [-0.4, -0.2) is 33.2 Å². The van der Waals surface area contributed by atoms with Crippen molar-refractivity contribution in [2.45, 2.75) is 39.3 Å². The Kier molecular flexibility index (Phi) is 5.27. The molecule has 2 atom stereocenters. The number of para-hydroxylation sites is 1. The van der Waals surface area contributed by atoms with Crippen LogP contribution in [0.4, 0.5) is 0 Å². The lowest BCUT2D eigenvalue weighted by Crippen LogP contribution is -2.52. The molecule has 3 aromatic rings. The van der Waals surface area contributed by atoms with E-state index in [-0.39, 0.29) is 18.2 Å². The van der Waals surface area contributed by atoms with Gasteiger partial charge in [-0.3, -0.25) is 25.2 Å². The molecule has 0 bridgehead atoms. The number of amides is 3. The Bertz CT molecular complexity index is 1200. The number of carbonyl (C=O) groups excluding carboxylic acids is 3. The van der Waals surface area contributed by atoms with Crippen LogP contribution in [0, 0.1) is 6.92 Å². The minimum absolute atomic E-state index is 0.197. The van der Waals surface area contributed by atoms with E-state index in [4.69, 9.17) is 0 Å². The zero-order chi connectivity index (χ0) is 22.3. The molecule has 1 aliphatic heterocycles. The fraction of sp³-hybridized carbons (Fsp3) is 0.292. The van der Waals surface area contributed by atoms with Crippen LogP contribution in [0.3, 0.4) is 0 Å². The van der Waals surface area contributed by atoms with Crippen molar-refractivity contribution in [2.24, 2.45) is 7.05 Å². The van der Waals surface area contributed by atoms with Crippen LogP contribution in [0.25, 0.3) is 10.9 Å². The summed E-state index contributed by atoms with van der Waals surface area (Å²) in [6.45, 7) is 5.42. The molecule has 1 aliphatic rings. The van der Waals surface area contributed by atoms with E-state index in [0.717, 1.165) is 27.7 Å². The second-order valence-electron chi connectivity index (χ2n) is 7.84. The van der Waals surface area contributed by atoms with E-state index in [1.807, 2.05) is 50.4 Å². The number of rotatable bonds is 4. The maximum Gasteiger partial charge on any atom is 0.260 e. The first kappa shape index (κ1) is 20.7. The van der Waals surface area contributed by atoms with E-state index < -0.39 is 18.0 Å². The third kappa shape index (κ3) is 3.26. The Morgan fingerprint density at radius 2 is 1.74 bits per heavy atom. The average molecular weight is 418 g/mol. The van der Waals surface area contributed by atoms with Gasteiger partial charge in [0.25, 0.3) is 11.8 Å². The highest BCUT2D eigenvalue weighted by Crippen LogP contribution is 2.44. The summed E-state index contributed by atoms with van der Waals surface area (Å²) in [7, 11) is 2.00. The van der Waals surface area contributed by atoms with Crippen LogP contribution >= 0.6 is 0 Å². The molecule has 0 saturated carbocycles. The van der Waals surface area contributed by atoms with Crippen molar-refractivity contribution < 1.29 is 14.4 Å². The molecule has 0 fully saturated rings. The van der Waals surface area contributed by atoms with Gasteiger partial charge in [-0.25, -0.2) is 0 Å². The molecule has 0 aliphatic carbocycles. The third-order valence-corrected chi connectivity index (χ3v) is 6.16. The molecule has 1 aromatic heterocycles. The normalized spacial score (nSPS) is 16.3. The van der Waals surface area contributed by atoms with Crippen molar-refractivity contribution >= 4 is 28.6 Å². The molecule has 2 unspecified atom stereocenters. The molecular formula is C24H26N4O3. The molecule has 7 nitrogen and oxygen atoms in total. The molecule has 0 spiro atoms. The number of fused-ring (bicyclic) bond motifs is 2. The van der Waals surface area contributed by atoms with Gasteiger partial charge in [-0.05, 0) is 31.5 Å². The number of aromatic nitrogens is 1. The topological polar surface area (TPSA) is 83.4 Å². The smallest absolute Gasteiger partial charge is 0.260 e. The van der Waals surface area contributed by atoms with Gasteiger partial charge in [-0.1, -0.05) is 43.3 Å². The van der Waals surface area contributed by atoms with E-state index >= 15 is 0 Å². The Labute approximate surface area is 181 Å². The first-order valence-corrected chi connectivity index (χ1v) is 10.4. The van der Waals surface area contributed by atoms with Gasteiger partial charge in [0.1, 0.15) is 6.04 Å². The largest absolute Gasteiger partial charge is 0.348 e. The fourth-order valence-electron chi connectivity index (χ4n) is 4.38. The van der Waals surface area contributed by atoms with Crippen molar-refractivity contribution in [1.29, 1.82) is 0 Å². The van der Waals surface area contributed by atoms with Gasteiger partial charge in [0.2, 0.25) is 5.91 Å². The predicted molar refractivity (Wildman–Crippen MR) is 118 cm³/mol.